The van der Waals surface area contributed by atoms with Crippen LogP contribution in [0.1, 0.15) is 16.7 Å². The van der Waals surface area contributed by atoms with E-state index in [4.69, 9.17) is 4.74 Å². The van der Waals surface area contributed by atoms with Gasteiger partial charge in [0.05, 0.1) is 7.11 Å². The summed E-state index contributed by atoms with van der Waals surface area (Å²) in [5.74, 6) is 0.880. The molecule has 0 amide bonds. The van der Waals surface area contributed by atoms with Crippen LogP contribution >= 0.6 is 15.9 Å². The lowest BCUT2D eigenvalue weighted by atomic mass is 9.96. The molecule has 0 atom stereocenters. The molecule has 0 saturated carbocycles. The highest BCUT2D eigenvalue weighted by Gasteiger charge is 2.10. The third kappa shape index (κ3) is 3.95. The second-order valence-corrected chi connectivity index (χ2v) is 6.49. The Morgan fingerprint density at radius 1 is 0.750 bits per heavy atom. The molecule has 1 nitrogen and oxygen atoms in total. The number of hydrogen-bond acceptors (Lipinski definition) is 1. The molecule has 0 spiro atoms. The number of rotatable bonds is 5. The van der Waals surface area contributed by atoms with Crippen LogP contribution in [0, 0.1) is 0 Å². The largest absolute Gasteiger partial charge is 0.497 e. The number of allylic oxidation sites excluding steroid dienone is 1. The lowest BCUT2D eigenvalue weighted by Crippen LogP contribution is -1.94. The van der Waals surface area contributed by atoms with Crippen molar-refractivity contribution in [1.29, 1.82) is 0 Å². The van der Waals surface area contributed by atoms with Gasteiger partial charge in [-0.05, 0) is 34.4 Å². The van der Waals surface area contributed by atoms with E-state index in [1.807, 2.05) is 24.3 Å². The third-order valence-corrected chi connectivity index (χ3v) is 4.59. The van der Waals surface area contributed by atoms with Gasteiger partial charge in [-0.1, -0.05) is 88.7 Å². The van der Waals surface area contributed by atoms with E-state index in [0.717, 1.165) is 12.2 Å². The number of ether oxygens (including phenoxy) is 1. The molecule has 0 radical (unpaired) electrons. The summed E-state index contributed by atoms with van der Waals surface area (Å²) in [6, 6.07) is 29.2. The normalized spacial score (nSPS) is 10.2. The molecule has 0 heterocycles. The highest BCUT2D eigenvalue weighted by molar-refractivity contribution is 9.11. The van der Waals surface area contributed by atoms with E-state index >= 15 is 0 Å². The zero-order valence-corrected chi connectivity index (χ0v) is 15.2. The molecule has 0 aromatic heterocycles. The highest BCUT2D eigenvalue weighted by atomic mass is 79.9. The minimum atomic E-state index is 0.836. The number of methoxy groups -OCH3 is 1. The van der Waals surface area contributed by atoms with Gasteiger partial charge in [-0.3, -0.25) is 0 Å². The Morgan fingerprint density at radius 2 is 1.25 bits per heavy atom. The maximum Gasteiger partial charge on any atom is 0.118 e. The summed E-state index contributed by atoms with van der Waals surface area (Å²) >= 11 is 3.84. The van der Waals surface area contributed by atoms with Crippen molar-refractivity contribution in [2.75, 3.05) is 7.11 Å². The standard InChI is InChI=1S/C22H19BrO/c1-24-20-14-12-17(13-15-20)16-21(23)22(18-8-4-2-5-9-18)19-10-6-3-7-11-19/h2-15H,16H2,1H3. The first-order valence-electron chi connectivity index (χ1n) is 7.90. The molecular weight excluding hydrogens is 360 g/mol. The molecule has 0 fully saturated rings. The van der Waals surface area contributed by atoms with Gasteiger partial charge in [0.15, 0.2) is 0 Å². The average Bonchev–Trinajstić information content (AvgIpc) is 2.64. The molecule has 0 aliphatic heterocycles. The monoisotopic (exact) mass is 378 g/mol. The van der Waals surface area contributed by atoms with Gasteiger partial charge in [0, 0.05) is 10.9 Å². The van der Waals surface area contributed by atoms with E-state index < -0.39 is 0 Å². The van der Waals surface area contributed by atoms with Crippen LogP contribution in [0.3, 0.4) is 0 Å². The van der Waals surface area contributed by atoms with Crippen LogP contribution in [0.15, 0.2) is 89.4 Å². The average molecular weight is 379 g/mol. The highest BCUT2D eigenvalue weighted by Crippen LogP contribution is 2.32. The Hall–Kier alpha value is -2.32. The zero-order chi connectivity index (χ0) is 16.8. The summed E-state index contributed by atoms with van der Waals surface area (Å²) in [4.78, 5) is 0. The van der Waals surface area contributed by atoms with Crippen LogP contribution in [0.25, 0.3) is 5.57 Å². The topological polar surface area (TPSA) is 9.23 Å². The second kappa shape index (κ2) is 7.98. The van der Waals surface area contributed by atoms with Crippen molar-refractivity contribution in [1.82, 2.24) is 0 Å². The fraction of sp³-hybridized carbons (Fsp3) is 0.0909. The van der Waals surface area contributed by atoms with Gasteiger partial charge >= 0.3 is 0 Å². The molecular formula is C22H19BrO. The second-order valence-electron chi connectivity index (χ2n) is 5.54. The molecule has 0 bridgehead atoms. The predicted octanol–water partition coefficient (Wildman–Crippen LogP) is 6.09. The van der Waals surface area contributed by atoms with E-state index in [-0.39, 0.29) is 0 Å². The maximum atomic E-state index is 5.24. The van der Waals surface area contributed by atoms with Crippen molar-refractivity contribution in [3.8, 4) is 5.75 Å². The fourth-order valence-electron chi connectivity index (χ4n) is 2.70. The molecule has 0 aliphatic rings. The molecule has 2 heteroatoms. The summed E-state index contributed by atoms with van der Waals surface area (Å²) in [6.45, 7) is 0. The number of hydrogen-bond donors (Lipinski definition) is 0. The van der Waals surface area contributed by atoms with Crippen molar-refractivity contribution in [2.45, 2.75) is 6.42 Å². The molecule has 0 unspecified atom stereocenters. The van der Waals surface area contributed by atoms with Gasteiger partial charge in [-0.2, -0.15) is 0 Å². The third-order valence-electron chi connectivity index (χ3n) is 3.91. The maximum absolute atomic E-state index is 5.24. The summed E-state index contributed by atoms with van der Waals surface area (Å²) in [5.41, 5.74) is 4.90. The minimum Gasteiger partial charge on any atom is -0.497 e. The van der Waals surface area contributed by atoms with Gasteiger partial charge in [0.25, 0.3) is 0 Å². The van der Waals surface area contributed by atoms with Crippen LogP contribution in [-0.4, -0.2) is 7.11 Å². The van der Waals surface area contributed by atoms with Crippen molar-refractivity contribution in [3.05, 3.63) is 106 Å². The van der Waals surface area contributed by atoms with Gasteiger partial charge < -0.3 is 4.74 Å². The summed E-state index contributed by atoms with van der Waals surface area (Å²) in [5, 5.41) is 0. The summed E-state index contributed by atoms with van der Waals surface area (Å²) in [6.07, 6.45) is 0.836. The van der Waals surface area contributed by atoms with Crippen LogP contribution < -0.4 is 4.74 Å². The van der Waals surface area contributed by atoms with Gasteiger partial charge in [0.2, 0.25) is 0 Å². The Bertz CT molecular complexity index is 764. The SMILES string of the molecule is COc1ccc(CC(Br)=C(c2ccccc2)c2ccccc2)cc1. The van der Waals surface area contributed by atoms with E-state index in [1.165, 1.54) is 26.7 Å². The predicted molar refractivity (Wildman–Crippen MR) is 105 cm³/mol. The summed E-state index contributed by atoms with van der Waals surface area (Å²) < 4.78 is 6.41. The first-order chi connectivity index (χ1) is 11.8. The summed E-state index contributed by atoms with van der Waals surface area (Å²) in [7, 11) is 1.69. The molecule has 24 heavy (non-hydrogen) atoms. The van der Waals surface area contributed by atoms with Crippen molar-refractivity contribution in [3.63, 3.8) is 0 Å². The number of benzene rings is 3. The van der Waals surface area contributed by atoms with Crippen molar-refractivity contribution < 1.29 is 4.74 Å². The Kier molecular flexibility index (Phi) is 5.50. The molecule has 3 rings (SSSR count). The van der Waals surface area contributed by atoms with Gasteiger partial charge in [-0.25, -0.2) is 0 Å². The van der Waals surface area contributed by atoms with E-state index in [0.29, 0.717) is 0 Å². The fourth-order valence-corrected chi connectivity index (χ4v) is 3.48. The van der Waals surface area contributed by atoms with E-state index in [2.05, 4.69) is 76.6 Å². The van der Waals surface area contributed by atoms with E-state index in [9.17, 15) is 0 Å². The lowest BCUT2D eigenvalue weighted by Gasteiger charge is -2.13. The van der Waals surface area contributed by atoms with E-state index in [1.54, 1.807) is 7.11 Å². The quantitative estimate of drug-likeness (QED) is 0.521. The Labute approximate surface area is 151 Å². The van der Waals surface area contributed by atoms with Crippen LogP contribution in [0.5, 0.6) is 5.75 Å². The van der Waals surface area contributed by atoms with Crippen LogP contribution in [0.4, 0.5) is 0 Å². The van der Waals surface area contributed by atoms with Gasteiger partial charge in [-0.15, -0.1) is 0 Å². The molecule has 0 saturated heterocycles. The van der Waals surface area contributed by atoms with Crippen LogP contribution in [-0.2, 0) is 6.42 Å². The number of halogens is 1. The molecule has 120 valence electrons. The molecule has 0 aliphatic carbocycles. The molecule has 3 aromatic rings. The first-order valence-corrected chi connectivity index (χ1v) is 8.69. The smallest absolute Gasteiger partial charge is 0.118 e. The van der Waals surface area contributed by atoms with Crippen LogP contribution in [0.2, 0.25) is 0 Å². The zero-order valence-electron chi connectivity index (χ0n) is 13.6. The Morgan fingerprint density at radius 3 is 1.71 bits per heavy atom. The molecule has 3 aromatic carbocycles. The Balaban J connectivity index is 2.01. The first kappa shape index (κ1) is 16.5. The van der Waals surface area contributed by atoms with Crippen molar-refractivity contribution >= 4 is 21.5 Å². The molecule has 0 N–H and O–H groups in total. The van der Waals surface area contributed by atoms with Gasteiger partial charge in [0.1, 0.15) is 5.75 Å². The van der Waals surface area contributed by atoms with Crippen molar-refractivity contribution in [2.24, 2.45) is 0 Å². The lowest BCUT2D eigenvalue weighted by molar-refractivity contribution is 0.414. The minimum absolute atomic E-state index is 0.836.